The second kappa shape index (κ2) is 12.2. The molecule has 3 N–H and O–H groups in total. The second-order valence-corrected chi connectivity index (χ2v) is 6.88. The molecule has 0 aliphatic rings. The van der Waals surface area contributed by atoms with E-state index in [2.05, 4.69) is 10.3 Å². The van der Waals surface area contributed by atoms with Crippen LogP contribution in [0.4, 0.5) is 5.69 Å². The van der Waals surface area contributed by atoms with E-state index in [1.54, 1.807) is 78.9 Å². The van der Waals surface area contributed by atoms with Crippen molar-refractivity contribution in [1.29, 1.82) is 0 Å². The molecule has 8 heteroatoms. The third-order valence-electron chi connectivity index (χ3n) is 4.62. The van der Waals surface area contributed by atoms with E-state index in [0.29, 0.717) is 22.4 Å². The van der Waals surface area contributed by atoms with E-state index >= 15 is 0 Å². The van der Waals surface area contributed by atoms with Crippen LogP contribution in [0, 0.1) is 0 Å². The summed E-state index contributed by atoms with van der Waals surface area (Å²) in [4.78, 5) is 28.0. The average molecular weight is 440 g/mol. The van der Waals surface area contributed by atoms with Crippen molar-refractivity contribution in [3.8, 4) is 5.75 Å². The molecule has 0 heterocycles. The van der Waals surface area contributed by atoms with Gasteiger partial charge in [-0.15, -0.1) is 0 Å². The number of nitrogens with one attached hydrogen (secondary N) is 1. The predicted octanol–water partition coefficient (Wildman–Crippen LogP) is -1.34. The SMILES string of the molecule is O=C(Cc1ccc(N=Cc2ccccc2O)cc1)N[C@@H](C(=O)[O-])[C@@H](O)c1ccccc1.[Na+]. The molecule has 2 atom stereocenters. The zero-order valence-corrected chi connectivity index (χ0v) is 19.5. The summed E-state index contributed by atoms with van der Waals surface area (Å²) in [6, 6.07) is 20.2. The third kappa shape index (κ3) is 7.03. The van der Waals surface area contributed by atoms with E-state index in [1.165, 1.54) is 6.21 Å². The fourth-order valence-electron chi connectivity index (χ4n) is 2.96. The maximum Gasteiger partial charge on any atom is 1.00 e. The van der Waals surface area contributed by atoms with Gasteiger partial charge in [-0.3, -0.25) is 9.79 Å². The maximum atomic E-state index is 12.3. The fraction of sp³-hybridized carbons (Fsp3) is 0.125. The van der Waals surface area contributed by atoms with Crippen LogP contribution >= 0.6 is 0 Å². The molecular formula is C24H21N2NaO5. The third-order valence-corrected chi connectivity index (χ3v) is 4.62. The average Bonchev–Trinajstić information content (AvgIpc) is 2.78. The number of nitrogens with zero attached hydrogens (tertiary/aromatic N) is 1. The number of carbonyl (C=O) groups is 2. The predicted molar refractivity (Wildman–Crippen MR) is 114 cm³/mol. The molecule has 3 aromatic rings. The van der Waals surface area contributed by atoms with E-state index in [4.69, 9.17) is 0 Å². The quantitative estimate of drug-likeness (QED) is 0.296. The van der Waals surface area contributed by atoms with Gasteiger partial charge in [0.05, 0.1) is 24.1 Å². The van der Waals surface area contributed by atoms with Crippen molar-refractivity contribution in [2.75, 3.05) is 0 Å². The van der Waals surface area contributed by atoms with Gasteiger partial charge in [-0.1, -0.05) is 54.6 Å². The fourth-order valence-corrected chi connectivity index (χ4v) is 2.96. The summed E-state index contributed by atoms with van der Waals surface area (Å²) in [7, 11) is 0. The molecule has 0 radical (unpaired) electrons. The van der Waals surface area contributed by atoms with Crippen molar-refractivity contribution in [2.45, 2.75) is 18.6 Å². The van der Waals surface area contributed by atoms with Crippen molar-refractivity contribution < 1.29 is 54.5 Å². The van der Waals surface area contributed by atoms with Crippen LogP contribution in [0.2, 0.25) is 0 Å². The van der Waals surface area contributed by atoms with Crippen LogP contribution in [-0.2, 0) is 16.0 Å². The maximum absolute atomic E-state index is 12.3. The number of carboxylic acid groups (broad SMARTS) is 1. The first-order chi connectivity index (χ1) is 14.9. The number of carboxylic acids is 1. The summed E-state index contributed by atoms with van der Waals surface area (Å²) in [6.45, 7) is 0. The molecule has 0 aromatic heterocycles. The summed E-state index contributed by atoms with van der Waals surface area (Å²) in [6.07, 6.45) is 0.0302. The van der Waals surface area contributed by atoms with Crippen molar-refractivity contribution >= 4 is 23.8 Å². The molecule has 0 saturated heterocycles. The number of para-hydroxylation sites is 1. The van der Waals surface area contributed by atoms with Gasteiger partial charge in [0.25, 0.3) is 0 Å². The van der Waals surface area contributed by atoms with Crippen LogP contribution in [0.3, 0.4) is 0 Å². The first-order valence-electron chi connectivity index (χ1n) is 9.58. The summed E-state index contributed by atoms with van der Waals surface area (Å²) in [5, 5.41) is 33.8. The summed E-state index contributed by atoms with van der Waals surface area (Å²) in [5.74, 6) is -2.01. The molecule has 7 nitrogen and oxygen atoms in total. The number of aliphatic hydroxyl groups excluding tert-OH is 1. The van der Waals surface area contributed by atoms with Crippen LogP contribution < -0.4 is 40.0 Å². The Morgan fingerprint density at radius 1 is 0.969 bits per heavy atom. The number of aliphatic carboxylic acids is 1. The Hall–Kier alpha value is -2.97. The number of hydrogen-bond acceptors (Lipinski definition) is 6. The minimum atomic E-state index is -1.57. The number of aromatic hydroxyl groups is 1. The Morgan fingerprint density at radius 2 is 1.59 bits per heavy atom. The van der Waals surface area contributed by atoms with Gasteiger partial charge in [0.15, 0.2) is 0 Å². The molecule has 158 valence electrons. The number of rotatable bonds is 8. The van der Waals surface area contributed by atoms with E-state index < -0.39 is 24.0 Å². The van der Waals surface area contributed by atoms with Crippen molar-refractivity contribution in [3.05, 3.63) is 95.6 Å². The van der Waals surface area contributed by atoms with Gasteiger partial charge >= 0.3 is 29.6 Å². The smallest absolute Gasteiger partial charge is 0.548 e. The molecule has 0 bridgehead atoms. The Morgan fingerprint density at radius 3 is 2.22 bits per heavy atom. The largest absolute Gasteiger partial charge is 1.00 e. The number of hydrogen-bond donors (Lipinski definition) is 3. The van der Waals surface area contributed by atoms with Crippen molar-refractivity contribution in [1.82, 2.24) is 5.32 Å². The van der Waals surface area contributed by atoms with E-state index in [0.717, 1.165) is 0 Å². The van der Waals surface area contributed by atoms with Gasteiger partial charge in [-0.25, -0.2) is 0 Å². The van der Waals surface area contributed by atoms with E-state index in [-0.39, 0.29) is 41.7 Å². The molecule has 1 amide bonds. The zero-order chi connectivity index (χ0) is 22.2. The molecular weight excluding hydrogens is 419 g/mol. The van der Waals surface area contributed by atoms with Gasteiger partial charge in [0, 0.05) is 11.8 Å². The molecule has 0 spiro atoms. The van der Waals surface area contributed by atoms with Crippen LogP contribution in [0.15, 0.2) is 83.9 Å². The van der Waals surface area contributed by atoms with Crippen LogP contribution in [0.5, 0.6) is 5.75 Å². The van der Waals surface area contributed by atoms with Gasteiger partial charge in [-0.05, 0) is 35.4 Å². The van der Waals surface area contributed by atoms with Crippen LogP contribution in [0.1, 0.15) is 22.8 Å². The van der Waals surface area contributed by atoms with E-state index in [9.17, 15) is 24.9 Å². The molecule has 3 aromatic carbocycles. The number of carbonyl (C=O) groups excluding carboxylic acids is 2. The topological polar surface area (TPSA) is 122 Å². The Labute approximate surface area is 207 Å². The summed E-state index contributed by atoms with van der Waals surface area (Å²) < 4.78 is 0. The number of benzene rings is 3. The second-order valence-electron chi connectivity index (χ2n) is 6.88. The molecule has 0 aliphatic carbocycles. The standard InChI is InChI=1S/C24H22N2O5.Na/c27-20-9-5-4-8-18(20)15-25-19-12-10-16(11-13-19)14-21(28)26-22(24(30)31)23(29)17-6-2-1-3-7-17;/h1-13,15,22-23,27,29H,14H2,(H,26,28)(H,30,31);/q;+1/p-1/t22-,23+;/m1./s1. The Bertz CT molecular complexity index is 1070. The van der Waals surface area contributed by atoms with Gasteiger partial charge < -0.3 is 25.4 Å². The summed E-state index contributed by atoms with van der Waals surface area (Å²) >= 11 is 0. The minimum absolute atomic E-state index is 0. The molecule has 32 heavy (non-hydrogen) atoms. The van der Waals surface area contributed by atoms with Gasteiger partial charge in [0.1, 0.15) is 11.9 Å². The number of amides is 1. The summed E-state index contributed by atoms with van der Waals surface area (Å²) in [5.41, 5.74) is 2.21. The number of phenols is 1. The van der Waals surface area contributed by atoms with E-state index in [1.807, 2.05) is 0 Å². The van der Waals surface area contributed by atoms with Gasteiger partial charge in [0.2, 0.25) is 5.91 Å². The number of aliphatic imine (C=N–C) groups is 1. The molecule has 0 saturated carbocycles. The van der Waals surface area contributed by atoms with Crippen molar-refractivity contribution in [3.63, 3.8) is 0 Å². The Balaban J connectivity index is 0.00000363. The first-order valence-corrected chi connectivity index (χ1v) is 9.58. The zero-order valence-electron chi connectivity index (χ0n) is 17.5. The minimum Gasteiger partial charge on any atom is -0.548 e. The number of aliphatic hydroxyl groups is 1. The molecule has 3 rings (SSSR count). The monoisotopic (exact) mass is 440 g/mol. The molecule has 0 aliphatic heterocycles. The van der Waals surface area contributed by atoms with Crippen molar-refractivity contribution in [2.24, 2.45) is 4.99 Å². The molecule has 0 unspecified atom stereocenters. The first kappa shape index (κ1) is 25.3. The Kier molecular flexibility index (Phi) is 9.61. The van der Waals surface area contributed by atoms with Crippen LogP contribution in [-0.4, -0.2) is 34.3 Å². The van der Waals surface area contributed by atoms with Crippen LogP contribution in [0.25, 0.3) is 0 Å². The number of phenolic OH excluding ortho intramolecular Hbond substituents is 1. The van der Waals surface area contributed by atoms with Gasteiger partial charge in [-0.2, -0.15) is 0 Å². The normalized spacial score (nSPS) is 12.5. The molecule has 0 fully saturated rings.